The SMILES string of the molecule is C[C@](CC(=O)Nc1ccc(N2CCCC2=O)cc1)(C(=O)O)c1ccccc1. The second-order valence-corrected chi connectivity index (χ2v) is 6.92. The van der Waals surface area contributed by atoms with Crippen molar-refractivity contribution >= 4 is 29.2 Å². The average Bonchev–Trinajstić information content (AvgIpc) is 3.08. The lowest BCUT2D eigenvalue weighted by atomic mass is 9.79. The van der Waals surface area contributed by atoms with E-state index in [-0.39, 0.29) is 18.2 Å². The molecular weight excluding hydrogens is 344 g/mol. The second-order valence-electron chi connectivity index (χ2n) is 6.92. The summed E-state index contributed by atoms with van der Waals surface area (Å²) >= 11 is 0. The monoisotopic (exact) mass is 366 g/mol. The Morgan fingerprint density at radius 2 is 1.78 bits per heavy atom. The third kappa shape index (κ3) is 4.00. The number of nitrogens with zero attached hydrogens (tertiary/aromatic N) is 1. The molecule has 27 heavy (non-hydrogen) atoms. The number of carboxylic acids is 1. The smallest absolute Gasteiger partial charge is 0.314 e. The quantitative estimate of drug-likeness (QED) is 0.822. The lowest BCUT2D eigenvalue weighted by Gasteiger charge is -2.24. The first kappa shape index (κ1) is 18.6. The summed E-state index contributed by atoms with van der Waals surface area (Å²) in [6.45, 7) is 2.25. The van der Waals surface area contributed by atoms with Crippen molar-refractivity contribution in [1.82, 2.24) is 0 Å². The molecule has 2 aromatic carbocycles. The van der Waals surface area contributed by atoms with Crippen LogP contribution in [-0.2, 0) is 19.8 Å². The number of aliphatic carboxylic acids is 1. The fourth-order valence-electron chi connectivity index (χ4n) is 3.28. The minimum atomic E-state index is -1.31. The Bertz CT molecular complexity index is 848. The number of rotatable bonds is 6. The normalized spacial score (nSPS) is 16.0. The summed E-state index contributed by atoms with van der Waals surface area (Å²) < 4.78 is 0. The van der Waals surface area contributed by atoms with Crippen molar-refractivity contribution in [1.29, 1.82) is 0 Å². The van der Waals surface area contributed by atoms with E-state index in [1.807, 2.05) is 0 Å². The summed E-state index contributed by atoms with van der Waals surface area (Å²) in [7, 11) is 0. The Morgan fingerprint density at radius 1 is 1.11 bits per heavy atom. The first-order chi connectivity index (χ1) is 12.9. The molecule has 1 fully saturated rings. The minimum absolute atomic E-state index is 0.104. The molecule has 0 saturated carbocycles. The predicted molar refractivity (Wildman–Crippen MR) is 103 cm³/mol. The maximum Gasteiger partial charge on any atom is 0.314 e. The molecule has 3 rings (SSSR count). The number of benzene rings is 2. The van der Waals surface area contributed by atoms with Gasteiger partial charge in [-0.05, 0) is 43.2 Å². The van der Waals surface area contributed by atoms with Crippen molar-refractivity contribution in [3.05, 3.63) is 60.2 Å². The Kier molecular flexibility index (Phi) is 5.26. The van der Waals surface area contributed by atoms with Crippen molar-refractivity contribution in [2.24, 2.45) is 0 Å². The van der Waals surface area contributed by atoms with Gasteiger partial charge in [0.05, 0.1) is 5.41 Å². The number of anilines is 2. The lowest BCUT2D eigenvalue weighted by Crippen LogP contribution is -2.36. The Labute approximate surface area is 157 Å². The second kappa shape index (κ2) is 7.61. The highest BCUT2D eigenvalue weighted by atomic mass is 16.4. The maximum atomic E-state index is 12.5. The molecule has 1 aliphatic rings. The van der Waals surface area contributed by atoms with Crippen molar-refractivity contribution in [3.8, 4) is 0 Å². The third-order valence-corrected chi connectivity index (χ3v) is 4.93. The number of hydrogen-bond acceptors (Lipinski definition) is 3. The minimum Gasteiger partial charge on any atom is -0.481 e. The number of nitrogens with one attached hydrogen (secondary N) is 1. The molecule has 0 spiro atoms. The van der Waals surface area contributed by atoms with Gasteiger partial charge in [-0.1, -0.05) is 30.3 Å². The molecular formula is C21H22N2O4. The summed E-state index contributed by atoms with van der Waals surface area (Å²) in [5.74, 6) is -1.33. The van der Waals surface area contributed by atoms with E-state index in [1.54, 1.807) is 66.4 Å². The fourth-order valence-corrected chi connectivity index (χ4v) is 3.28. The van der Waals surface area contributed by atoms with Crippen LogP contribution in [-0.4, -0.2) is 29.4 Å². The number of carbonyl (C=O) groups excluding carboxylic acids is 2. The van der Waals surface area contributed by atoms with Gasteiger partial charge in [0.15, 0.2) is 0 Å². The Balaban J connectivity index is 1.69. The molecule has 0 bridgehead atoms. The van der Waals surface area contributed by atoms with Gasteiger partial charge in [-0.2, -0.15) is 0 Å². The molecule has 1 saturated heterocycles. The zero-order valence-electron chi connectivity index (χ0n) is 15.1. The van der Waals surface area contributed by atoms with Gasteiger partial charge in [0.1, 0.15) is 0 Å². The van der Waals surface area contributed by atoms with Crippen LogP contribution < -0.4 is 10.2 Å². The van der Waals surface area contributed by atoms with E-state index in [0.29, 0.717) is 24.2 Å². The fraction of sp³-hybridized carbons (Fsp3) is 0.286. The van der Waals surface area contributed by atoms with Crippen molar-refractivity contribution in [3.63, 3.8) is 0 Å². The van der Waals surface area contributed by atoms with Crippen LogP contribution in [0.3, 0.4) is 0 Å². The van der Waals surface area contributed by atoms with E-state index in [0.717, 1.165) is 12.1 Å². The molecule has 0 radical (unpaired) electrons. The van der Waals surface area contributed by atoms with Gasteiger partial charge in [-0.3, -0.25) is 14.4 Å². The van der Waals surface area contributed by atoms with E-state index >= 15 is 0 Å². The maximum absolute atomic E-state index is 12.5. The van der Waals surface area contributed by atoms with Crippen LogP contribution in [0, 0.1) is 0 Å². The first-order valence-electron chi connectivity index (χ1n) is 8.89. The number of carbonyl (C=O) groups is 3. The largest absolute Gasteiger partial charge is 0.481 e. The van der Waals surface area contributed by atoms with Crippen LogP contribution in [0.4, 0.5) is 11.4 Å². The lowest BCUT2D eigenvalue weighted by molar-refractivity contribution is -0.145. The van der Waals surface area contributed by atoms with E-state index in [9.17, 15) is 19.5 Å². The summed E-state index contributed by atoms with van der Waals surface area (Å²) in [5.41, 5.74) is 0.634. The molecule has 6 heteroatoms. The highest BCUT2D eigenvalue weighted by Gasteiger charge is 2.37. The van der Waals surface area contributed by atoms with Crippen LogP contribution in [0.1, 0.15) is 31.7 Å². The molecule has 2 aromatic rings. The summed E-state index contributed by atoms with van der Waals surface area (Å²) in [4.78, 5) is 37.8. The van der Waals surface area contributed by atoms with Crippen LogP contribution >= 0.6 is 0 Å². The Morgan fingerprint density at radius 3 is 2.33 bits per heavy atom. The molecule has 1 heterocycles. The van der Waals surface area contributed by atoms with E-state index < -0.39 is 11.4 Å². The standard InChI is InChI=1S/C21H22N2O4/c1-21(20(26)27,15-6-3-2-4-7-15)14-18(24)22-16-9-11-17(12-10-16)23-13-5-8-19(23)25/h2-4,6-7,9-12H,5,8,13-14H2,1H3,(H,22,24)(H,26,27)/t21-/m1/s1. The molecule has 6 nitrogen and oxygen atoms in total. The van der Waals surface area contributed by atoms with Gasteiger partial charge >= 0.3 is 5.97 Å². The summed E-state index contributed by atoms with van der Waals surface area (Å²) in [6.07, 6.45) is 1.23. The molecule has 0 aromatic heterocycles. The zero-order chi connectivity index (χ0) is 19.4. The molecule has 0 aliphatic carbocycles. The highest BCUT2D eigenvalue weighted by molar-refractivity contribution is 5.97. The number of carboxylic acid groups (broad SMARTS) is 1. The zero-order valence-corrected chi connectivity index (χ0v) is 15.1. The van der Waals surface area contributed by atoms with Gasteiger partial charge in [0, 0.05) is 30.8 Å². The number of hydrogen-bond donors (Lipinski definition) is 2. The van der Waals surface area contributed by atoms with Crippen LogP contribution in [0.2, 0.25) is 0 Å². The average molecular weight is 366 g/mol. The molecule has 2 amide bonds. The third-order valence-electron chi connectivity index (χ3n) is 4.93. The van der Waals surface area contributed by atoms with Gasteiger partial charge < -0.3 is 15.3 Å². The van der Waals surface area contributed by atoms with Crippen molar-refractivity contribution < 1.29 is 19.5 Å². The van der Waals surface area contributed by atoms with E-state index in [1.165, 1.54) is 0 Å². The topological polar surface area (TPSA) is 86.7 Å². The molecule has 1 aliphatic heterocycles. The number of amides is 2. The van der Waals surface area contributed by atoms with Crippen LogP contribution in [0.5, 0.6) is 0 Å². The van der Waals surface area contributed by atoms with Crippen LogP contribution in [0.25, 0.3) is 0 Å². The highest BCUT2D eigenvalue weighted by Crippen LogP contribution is 2.29. The molecule has 1 atom stereocenters. The summed E-state index contributed by atoms with van der Waals surface area (Å²) in [5, 5.41) is 12.4. The van der Waals surface area contributed by atoms with Gasteiger partial charge in [-0.25, -0.2) is 0 Å². The predicted octanol–water partition coefficient (Wildman–Crippen LogP) is 3.18. The Hall–Kier alpha value is -3.15. The van der Waals surface area contributed by atoms with E-state index in [2.05, 4.69) is 5.32 Å². The van der Waals surface area contributed by atoms with Crippen molar-refractivity contribution in [2.75, 3.05) is 16.8 Å². The molecule has 0 unspecified atom stereocenters. The van der Waals surface area contributed by atoms with Gasteiger partial charge in [0.2, 0.25) is 11.8 Å². The molecule has 140 valence electrons. The van der Waals surface area contributed by atoms with E-state index in [4.69, 9.17) is 0 Å². The molecule has 2 N–H and O–H groups in total. The van der Waals surface area contributed by atoms with Gasteiger partial charge in [-0.15, -0.1) is 0 Å². The van der Waals surface area contributed by atoms with Crippen LogP contribution in [0.15, 0.2) is 54.6 Å². The summed E-state index contributed by atoms with van der Waals surface area (Å²) in [6, 6.07) is 15.8. The van der Waals surface area contributed by atoms with Gasteiger partial charge in [0.25, 0.3) is 0 Å². The van der Waals surface area contributed by atoms with Crippen molar-refractivity contribution in [2.45, 2.75) is 31.6 Å². The first-order valence-corrected chi connectivity index (χ1v) is 8.89.